The minimum absolute atomic E-state index is 0. The molecule has 3 atom stereocenters. The van der Waals surface area contributed by atoms with E-state index in [0.29, 0.717) is 19.3 Å². The third kappa shape index (κ3) is 34.6. The molecule has 0 aromatic heterocycles. The van der Waals surface area contributed by atoms with Crippen molar-refractivity contribution in [1.29, 1.82) is 0 Å². The zero-order valence-corrected chi connectivity index (χ0v) is 14.6. The summed E-state index contributed by atoms with van der Waals surface area (Å²) in [6, 6.07) is 0. The number of amides is 2. The molecule has 0 rings (SSSR count). The van der Waals surface area contributed by atoms with E-state index in [2.05, 4.69) is 0 Å². The topological polar surface area (TPSA) is 187 Å². The summed E-state index contributed by atoms with van der Waals surface area (Å²) in [5.41, 5.74) is 9.54. The molecule has 152 valence electrons. The highest BCUT2D eigenvalue weighted by Crippen LogP contribution is 1.94. The first kappa shape index (κ1) is 31.1. The van der Waals surface area contributed by atoms with Crippen molar-refractivity contribution in [2.75, 3.05) is 0 Å². The predicted octanol–water partition coefficient (Wildman–Crippen LogP) is -1.20. The lowest BCUT2D eigenvalue weighted by molar-refractivity contribution is -0.307. The van der Waals surface area contributed by atoms with E-state index in [1.54, 1.807) is 20.8 Å². The van der Waals surface area contributed by atoms with Gasteiger partial charge in [0.25, 0.3) is 0 Å². The van der Waals surface area contributed by atoms with Gasteiger partial charge in [-0.1, -0.05) is 28.2 Å². The van der Waals surface area contributed by atoms with Crippen LogP contribution in [0.15, 0.2) is 0 Å². The number of aliphatic hydroxyl groups is 3. The summed E-state index contributed by atoms with van der Waals surface area (Å²) in [5.74, 6) is -2.09. The van der Waals surface area contributed by atoms with Crippen LogP contribution in [0.4, 0.5) is 0 Å². The number of carboxylic acids is 1. The molecule has 0 spiro atoms. The Morgan fingerprint density at radius 3 is 1.08 bits per heavy atom. The minimum Gasteiger partial charge on any atom is -0.550 e. The first-order valence-corrected chi connectivity index (χ1v) is 7.80. The second-order valence-electron chi connectivity index (χ2n) is 5.10. The Balaban J connectivity index is -0.000000130. The van der Waals surface area contributed by atoms with E-state index >= 15 is 0 Å². The molecule has 0 radical (unpaired) electrons. The quantitative estimate of drug-likeness (QED) is 0.338. The summed E-state index contributed by atoms with van der Waals surface area (Å²) in [7, 11) is 0. The Labute approximate surface area is 150 Å². The highest BCUT2D eigenvalue weighted by Gasteiger charge is 2.03. The van der Waals surface area contributed by atoms with Crippen molar-refractivity contribution in [1.82, 2.24) is 0 Å². The van der Waals surface area contributed by atoms with Gasteiger partial charge in [-0.2, -0.15) is 0 Å². The van der Waals surface area contributed by atoms with Crippen LogP contribution in [-0.2, 0) is 14.4 Å². The summed E-state index contributed by atoms with van der Waals surface area (Å²) in [4.78, 5) is 29.8. The van der Waals surface area contributed by atoms with Crippen LogP contribution in [-0.4, -0.2) is 51.4 Å². The maximum absolute atomic E-state index is 10.0. The van der Waals surface area contributed by atoms with E-state index in [4.69, 9.17) is 26.8 Å². The zero-order valence-electron chi connectivity index (χ0n) is 14.6. The van der Waals surface area contributed by atoms with Crippen LogP contribution in [0, 0.1) is 0 Å². The summed E-state index contributed by atoms with van der Waals surface area (Å²) in [5, 5.41) is 35.8. The molecule has 0 aliphatic rings. The van der Waals surface area contributed by atoms with E-state index in [1.807, 2.05) is 0 Å². The molecule has 9 nitrogen and oxygen atoms in total. The fraction of sp³-hybridized carbons (Fsp3) is 0.812. The first-order chi connectivity index (χ1) is 11.0. The van der Waals surface area contributed by atoms with Gasteiger partial charge >= 0.3 is 0 Å². The van der Waals surface area contributed by atoms with Gasteiger partial charge in [-0.05, 0) is 19.3 Å². The number of hydrogen-bond donors (Lipinski definition) is 5. The molecule has 25 heavy (non-hydrogen) atoms. The SMILES string of the molecule is C.CCC(O)CC(=O)[O-].CCC(O)CC(N)=O.CCC(O)CC(N)=O. The Hall–Kier alpha value is -1.71. The number of rotatable bonds is 9. The van der Waals surface area contributed by atoms with Crippen molar-refractivity contribution < 1.29 is 34.8 Å². The molecular formula is C16H35N2O7-. The normalized spacial score (nSPS) is 12.7. The van der Waals surface area contributed by atoms with Crippen LogP contribution in [0.1, 0.15) is 66.7 Å². The predicted molar refractivity (Wildman–Crippen MR) is 92.9 cm³/mol. The summed E-state index contributed by atoms with van der Waals surface area (Å²) >= 11 is 0. The number of nitrogens with two attached hydrogens (primary N) is 2. The van der Waals surface area contributed by atoms with Gasteiger partial charge in [0.15, 0.2) is 0 Å². The maximum atomic E-state index is 10.0. The van der Waals surface area contributed by atoms with Gasteiger partial charge in [-0.3, -0.25) is 9.59 Å². The third-order valence-corrected chi connectivity index (χ3v) is 2.69. The van der Waals surface area contributed by atoms with Crippen molar-refractivity contribution in [2.45, 2.75) is 85.0 Å². The van der Waals surface area contributed by atoms with E-state index in [-0.39, 0.29) is 26.7 Å². The summed E-state index contributed by atoms with van der Waals surface area (Å²) < 4.78 is 0. The maximum Gasteiger partial charge on any atom is 0.220 e. The van der Waals surface area contributed by atoms with Gasteiger partial charge in [0.05, 0.1) is 31.2 Å². The molecule has 0 aromatic carbocycles. The standard InChI is InChI=1S/2C5H11NO2.C5H10O3.CH4/c2*1-2-4(7)3-5(6)8;1-2-4(6)3-5(7)8;/h2*4,7H,2-3H2,1H3,(H2,6,8);4,6H,2-3H2,1H3,(H,7,8);1H4/p-1. The number of carbonyl (C=O) groups is 3. The molecule has 2 amide bonds. The highest BCUT2D eigenvalue weighted by molar-refractivity contribution is 5.74. The number of hydrogen-bond acceptors (Lipinski definition) is 7. The lowest BCUT2D eigenvalue weighted by Gasteiger charge is -2.06. The number of carboxylic acid groups (broad SMARTS) is 1. The number of aliphatic carboxylic acids is 1. The first-order valence-electron chi connectivity index (χ1n) is 7.80. The number of aliphatic hydroxyl groups excluding tert-OH is 3. The molecular weight excluding hydrogens is 332 g/mol. The molecule has 3 unspecified atom stereocenters. The van der Waals surface area contributed by atoms with Crippen molar-refractivity contribution in [2.24, 2.45) is 11.5 Å². The van der Waals surface area contributed by atoms with Crippen molar-refractivity contribution in [3.8, 4) is 0 Å². The largest absolute Gasteiger partial charge is 0.550 e. The lowest BCUT2D eigenvalue weighted by atomic mass is 10.2. The molecule has 0 bridgehead atoms. The lowest BCUT2D eigenvalue weighted by Crippen LogP contribution is -2.26. The Bertz CT molecular complexity index is 299. The fourth-order valence-corrected chi connectivity index (χ4v) is 1.09. The third-order valence-electron chi connectivity index (χ3n) is 2.69. The smallest absolute Gasteiger partial charge is 0.220 e. The second-order valence-corrected chi connectivity index (χ2v) is 5.10. The molecule has 0 heterocycles. The molecule has 0 saturated heterocycles. The molecule has 0 fully saturated rings. The van der Waals surface area contributed by atoms with Crippen LogP contribution < -0.4 is 16.6 Å². The van der Waals surface area contributed by atoms with Gasteiger partial charge in [-0.25, -0.2) is 0 Å². The molecule has 0 aromatic rings. The van der Waals surface area contributed by atoms with Crippen LogP contribution >= 0.6 is 0 Å². The number of carbonyl (C=O) groups excluding carboxylic acids is 3. The average molecular weight is 367 g/mol. The van der Waals surface area contributed by atoms with E-state index in [9.17, 15) is 19.5 Å². The monoisotopic (exact) mass is 367 g/mol. The summed E-state index contributed by atoms with van der Waals surface area (Å²) in [6.45, 7) is 5.31. The molecule has 7 N–H and O–H groups in total. The van der Waals surface area contributed by atoms with Crippen molar-refractivity contribution >= 4 is 17.8 Å². The van der Waals surface area contributed by atoms with Gasteiger partial charge in [-0.15, -0.1) is 0 Å². The number of primary amides is 2. The van der Waals surface area contributed by atoms with Crippen molar-refractivity contribution in [3.05, 3.63) is 0 Å². The Kier molecular flexibility index (Phi) is 25.3. The van der Waals surface area contributed by atoms with Crippen LogP contribution in [0.5, 0.6) is 0 Å². The molecule has 0 aliphatic carbocycles. The van der Waals surface area contributed by atoms with E-state index in [0.717, 1.165) is 0 Å². The van der Waals surface area contributed by atoms with Crippen LogP contribution in [0.2, 0.25) is 0 Å². The van der Waals surface area contributed by atoms with Gasteiger partial charge in [0.2, 0.25) is 11.8 Å². The Morgan fingerprint density at radius 2 is 1.00 bits per heavy atom. The average Bonchev–Trinajstić information content (AvgIpc) is 2.46. The fourth-order valence-electron chi connectivity index (χ4n) is 1.09. The van der Waals surface area contributed by atoms with Gasteiger partial charge in [0.1, 0.15) is 0 Å². The molecule has 0 aliphatic heterocycles. The molecule has 0 saturated carbocycles. The van der Waals surface area contributed by atoms with E-state index < -0.39 is 36.1 Å². The van der Waals surface area contributed by atoms with Crippen molar-refractivity contribution in [3.63, 3.8) is 0 Å². The Morgan fingerprint density at radius 1 is 0.760 bits per heavy atom. The van der Waals surface area contributed by atoms with Crippen LogP contribution in [0.3, 0.4) is 0 Å². The molecule has 9 heteroatoms. The highest BCUT2D eigenvalue weighted by atomic mass is 16.4. The van der Waals surface area contributed by atoms with Gasteiger partial charge in [0, 0.05) is 12.4 Å². The second kappa shape index (κ2) is 20.3. The van der Waals surface area contributed by atoms with Crippen LogP contribution in [0.25, 0.3) is 0 Å². The van der Waals surface area contributed by atoms with E-state index in [1.165, 1.54) is 0 Å². The minimum atomic E-state index is -1.20. The van der Waals surface area contributed by atoms with Gasteiger partial charge < -0.3 is 36.7 Å². The summed E-state index contributed by atoms with van der Waals surface area (Å²) in [6.07, 6.45) is -0.288. The zero-order chi connectivity index (χ0) is 19.7.